The highest BCUT2D eigenvalue weighted by Gasteiger charge is 2.19. The molecule has 2 N–H and O–H groups in total. The van der Waals surface area contributed by atoms with Crippen molar-refractivity contribution in [2.45, 2.75) is 32.9 Å². The third kappa shape index (κ3) is 4.33. The molecular formula is C22H25N5O3. The van der Waals surface area contributed by atoms with Crippen LogP contribution in [0.2, 0.25) is 0 Å². The Labute approximate surface area is 174 Å². The summed E-state index contributed by atoms with van der Waals surface area (Å²) in [4.78, 5) is 32.1. The van der Waals surface area contributed by atoms with Gasteiger partial charge in [-0.2, -0.15) is 0 Å². The van der Waals surface area contributed by atoms with Crippen molar-refractivity contribution < 1.29 is 4.92 Å². The highest BCUT2D eigenvalue weighted by atomic mass is 16.6. The molecule has 8 nitrogen and oxygen atoms in total. The van der Waals surface area contributed by atoms with Crippen molar-refractivity contribution in [3.8, 4) is 0 Å². The van der Waals surface area contributed by atoms with Crippen LogP contribution in [0, 0.1) is 16.0 Å². The fraction of sp³-hybridized carbons (Fsp3) is 0.364. The number of H-pyrrole nitrogens is 1. The first-order chi connectivity index (χ1) is 14.5. The number of piperidine rings is 1. The number of nitrogens with zero attached hydrogens (tertiary/aromatic N) is 3. The number of aromatic nitrogens is 2. The van der Waals surface area contributed by atoms with Crippen LogP contribution in [0.5, 0.6) is 0 Å². The monoisotopic (exact) mass is 407 g/mol. The van der Waals surface area contributed by atoms with Crippen LogP contribution in [0.3, 0.4) is 0 Å². The van der Waals surface area contributed by atoms with Crippen molar-refractivity contribution in [2.24, 2.45) is 5.92 Å². The minimum absolute atomic E-state index is 0.136. The zero-order chi connectivity index (χ0) is 21.1. The molecule has 0 saturated carbocycles. The second kappa shape index (κ2) is 8.62. The molecule has 0 radical (unpaired) electrons. The van der Waals surface area contributed by atoms with Gasteiger partial charge in [0.05, 0.1) is 22.2 Å². The molecule has 8 heteroatoms. The first-order valence-electron chi connectivity index (χ1n) is 10.2. The molecule has 2 aromatic carbocycles. The Hall–Kier alpha value is -3.26. The molecular weight excluding hydrogens is 382 g/mol. The number of hydrogen-bond donors (Lipinski definition) is 2. The quantitative estimate of drug-likeness (QED) is 0.477. The lowest BCUT2D eigenvalue weighted by Crippen LogP contribution is -2.34. The van der Waals surface area contributed by atoms with E-state index in [0.717, 1.165) is 25.2 Å². The molecule has 3 aromatic rings. The molecule has 1 saturated heterocycles. The first-order valence-corrected chi connectivity index (χ1v) is 10.2. The van der Waals surface area contributed by atoms with Crippen LogP contribution in [0.25, 0.3) is 10.9 Å². The molecule has 1 fully saturated rings. The van der Waals surface area contributed by atoms with Crippen molar-refractivity contribution in [3.63, 3.8) is 0 Å². The highest BCUT2D eigenvalue weighted by Crippen LogP contribution is 2.29. The normalized spacial score (nSPS) is 17.2. The lowest BCUT2D eigenvalue weighted by Gasteiger charge is -2.31. The van der Waals surface area contributed by atoms with Gasteiger partial charge in [-0.15, -0.1) is 0 Å². The van der Waals surface area contributed by atoms with Gasteiger partial charge < -0.3 is 10.3 Å². The Morgan fingerprint density at radius 2 is 2.10 bits per heavy atom. The van der Waals surface area contributed by atoms with E-state index in [2.05, 4.69) is 33.2 Å². The van der Waals surface area contributed by atoms with Crippen molar-refractivity contribution in [3.05, 3.63) is 74.3 Å². The Morgan fingerprint density at radius 3 is 2.87 bits per heavy atom. The average molecular weight is 407 g/mol. The number of nitro benzene ring substituents is 1. The topological polar surface area (TPSA) is 104 Å². The summed E-state index contributed by atoms with van der Waals surface area (Å²) >= 11 is 0. The molecule has 1 aliphatic heterocycles. The largest absolute Gasteiger partial charge is 0.375 e. The third-order valence-electron chi connectivity index (χ3n) is 5.68. The molecule has 0 amide bonds. The summed E-state index contributed by atoms with van der Waals surface area (Å²) in [5.41, 5.74) is 2.56. The van der Waals surface area contributed by atoms with E-state index in [0.29, 0.717) is 23.7 Å². The van der Waals surface area contributed by atoms with Crippen LogP contribution in [-0.2, 0) is 13.1 Å². The van der Waals surface area contributed by atoms with Gasteiger partial charge in [0.1, 0.15) is 5.69 Å². The Balaban J connectivity index is 1.58. The summed E-state index contributed by atoms with van der Waals surface area (Å²) in [5, 5.41) is 15.0. The molecule has 0 aliphatic carbocycles. The fourth-order valence-electron chi connectivity index (χ4n) is 4.14. The predicted octanol–water partition coefficient (Wildman–Crippen LogP) is 3.68. The maximum absolute atomic E-state index is 12.0. The van der Waals surface area contributed by atoms with Gasteiger partial charge in [-0.05, 0) is 42.5 Å². The number of nitrogens with one attached hydrogen (secondary N) is 2. The highest BCUT2D eigenvalue weighted by molar-refractivity contribution is 5.86. The maximum atomic E-state index is 12.0. The van der Waals surface area contributed by atoms with E-state index in [1.807, 2.05) is 18.2 Å². The van der Waals surface area contributed by atoms with Crippen molar-refractivity contribution in [2.75, 3.05) is 18.4 Å². The summed E-state index contributed by atoms with van der Waals surface area (Å²) in [6, 6.07) is 11.0. The fourth-order valence-corrected chi connectivity index (χ4v) is 4.14. The Kier molecular flexibility index (Phi) is 5.76. The lowest BCUT2D eigenvalue weighted by atomic mass is 9.99. The van der Waals surface area contributed by atoms with E-state index in [4.69, 9.17) is 0 Å². The number of aromatic amines is 1. The second-order valence-corrected chi connectivity index (χ2v) is 7.98. The molecule has 4 rings (SSSR count). The number of benzene rings is 2. The van der Waals surface area contributed by atoms with Crippen LogP contribution in [-0.4, -0.2) is 32.9 Å². The molecule has 1 unspecified atom stereocenters. The van der Waals surface area contributed by atoms with Gasteiger partial charge in [-0.25, -0.2) is 4.98 Å². The Bertz CT molecular complexity index is 1130. The molecule has 1 aliphatic rings. The molecule has 0 bridgehead atoms. The standard InChI is InChI=1S/C22H25N5O3/c1-15-5-4-8-26(12-15)13-17-7-3-2-6-16(17)11-23-20-10-19-18(9-21(20)27(29)30)22(28)25-14-24-19/h2-3,6-7,9-10,14-15,23H,4-5,8,11-13H2,1H3,(H,24,25,28). The average Bonchev–Trinajstić information content (AvgIpc) is 2.73. The summed E-state index contributed by atoms with van der Waals surface area (Å²) in [6.07, 6.45) is 3.80. The zero-order valence-corrected chi connectivity index (χ0v) is 16.9. The van der Waals surface area contributed by atoms with Gasteiger partial charge in [0.25, 0.3) is 11.2 Å². The summed E-state index contributed by atoms with van der Waals surface area (Å²) < 4.78 is 0. The van der Waals surface area contributed by atoms with Gasteiger partial charge in [0.2, 0.25) is 0 Å². The van der Waals surface area contributed by atoms with Crippen molar-refractivity contribution in [1.82, 2.24) is 14.9 Å². The van der Waals surface area contributed by atoms with E-state index < -0.39 is 10.5 Å². The minimum atomic E-state index is -0.477. The number of nitro groups is 1. The SMILES string of the molecule is CC1CCCN(Cc2ccccc2CNc2cc3nc[nH]c(=O)c3cc2[N+](=O)[O-])C1. The molecule has 1 aromatic heterocycles. The van der Waals surface area contributed by atoms with Crippen molar-refractivity contribution in [1.29, 1.82) is 0 Å². The van der Waals surface area contributed by atoms with Crippen molar-refractivity contribution >= 4 is 22.3 Å². The second-order valence-electron chi connectivity index (χ2n) is 7.98. The van der Waals surface area contributed by atoms with E-state index in [1.165, 1.54) is 30.8 Å². The first kappa shape index (κ1) is 20.0. The molecule has 2 heterocycles. The van der Waals surface area contributed by atoms with Crippen LogP contribution in [0.4, 0.5) is 11.4 Å². The molecule has 30 heavy (non-hydrogen) atoms. The number of hydrogen-bond acceptors (Lipinski definition) is 6. The lowest BCUT2D eigenvalue weighted by molar-refractivity contribution is -0.383. The van der Waals surface area contributed by atoms with E-state index >= 15 is 0 Å². The van der Waals surface area contributed by atoms with Gasteiger partial charge in [0, 0.05) is 25.7 Å². The summed E-state index contributed by atoms with van der Waals surface area (Å²) in [5.74, 6) is 0.708. The van der Waals surface area contributed by atoms with Gasteiger partial charge in [-0.1, -0.05) is 31.2 Å². The maximum Gasteiger partial charge on any atom is 0.293 e. The molecule has 156 valence electrons. The smallest absolute Gasteiger partial charge is 0.293 e. The van der Waals surface area contributed by atoms with Crippen LogP contribution < -0.4 is 10.9 Å². The van der Waals surface area contributed by atoms with E-state index in [1.54, 1.807) is 6.07 Å². The zero-order valence-electron chi connectivity index (χ0n) is 16.9. The number of likely N-dealkylation sites (tertiary alicyclic amines) is 1. The van der Waals surface area contributed by atoms with Gasteiger partial charge in [-0.3, -0.25) is 19.8 Å². The van der Waals surface area contributed by atoms with Crippen LogP contribution in [0.15, 0.2) is 47.5 Å². The van der Waals surface area contributed by atoms with Crippen LogP contribution >= 0.6 is 0 Å². The number of fused-ring (bicyclic) bond motifs is 1. The summed E-state index contributed by atoms with van der Waals surface area (Å²) in [7, 11) is 0. The van der Waals surface area contributed by atoms with E-state index in [9.17, 15) is 14.9 Å². The predicted molar refractivity (Wildman–Crippen MR) is 116 cm³/mol. The van der Waals surface area contributed by atoms with E-state index in [-0.39, 0.29) is 11.1 Å². The summed E-state index contributed by atoms with van der Waals surface area (Å²) in [6.45, 7) is 5.81. The number of anilines is 1. The van der Waals surface area contributed by atoms with Crippen LogP contribution in [0.1, 0.15) is 30.9 Å². The molecule has 0 spiro atoms. The van der Waals surface area contributed by atoms with Gasteiger partial charge in [0.15, 0.2) is 0 Å². The number of rotatable bonds is 6. The third-order valence-corrected chi connectivity index (χ3v) is 5.68. The Morgan fingerprint density at radius 1 is 1.30 bits per heavy atom. The minimum Gasteiger partial charge on any atom is -0.375 e. The van der Waals surface area contributed by atoms with Gasteiger partial charge >= 0.3 is 0 Å². The molecule has 1 atom stereocenters.